The first kappa shape index (κ1) is 16.9. The second-order valence-corrected chi connectivity index (χ2v) is 5.27. The molecule has 0 unspecified atom stereocenters. The Morgan fingerprint density at radius 2 is 1.90 bits per heavy atom. The van der Waals surface area contributed by atoms with E-state index in [1.807, 2.05) is 0 Å². The van der Waals surface area contributed by atoms with Gasteiger partial charge in [0.15, 0.2) is 11.6 Å². The molecule has 0 radical (unpaired) electrons. The minimum Gasteiger partial charge on any atom is -0.340 e. The molecule has 1 amide bonds. The third-order valence-corrected chi connectivity index (χ3v) is 3.67. The normalized spacial score (nSPS) is 16.6. The van der Waals surface area contributed by atoms with Crippen LogP contribution in [0.25, 0.3) is 0 Å². The van der Waals surface area contributed by atoms with Crippen molar-refractivity contribution < 1.29 is 13.6 Å². The van der Waals surface area contributed by atoms with Crippen LogP contribution in [0.4, 0.5) is 8.78 Å². The largest absolute Gasteiger partial charge is 0.340 e. The first-order chi connectivity index (χ1) is 8.92. The Labute approximate surface area is 123 Å². The van der Waals surface area contributed by atoms with Crippen molar-refractivity contribution in [3.63, 3.8) is 0 Å². The smallest absolute Gasteiger partial charge is 0.242 e. The van der Waals surface area contributed by atoms with E-state index in [1.165, 1.54) is 11.0 Å². The van der Waals surface area contributed by atoms with Crippen LogP contribution in [0.3, 0.4) is 0 Å². The number of carbonyl (C=O) groups is 1. The Morgan fingerprint density at radius 3 is 2.45 bits per heavy atom. The molecule has 3 nitrogen and oxygen atoms in total. The third kappa shape index (κ3) is 3.46. The van der Waals surface area contributed by atoms with Gasteiger partial charge < -0.3 is 10.6 Å². The van der Waals surface area contributed by atoms with E-state index >= 15 is 0 Å². The number of likely N-dealkylation sites (N-methyl/N-ethyl adjacent to an activating group) is 1. The summed E-state index contributed by atoms with van der Waals surface area (Å²) in [6.45, 7) is 0.231. The molecule has 1 aliphatic rings. The van der Waals surface area contributed by atoms with Gasteiger partial charge in [-0.25, -0.2) is 8.78 Å². The third-order valence-electron chi connectivity index (χ3n) is 3.67. The lowest BCUT2D eigenvalue weighted by Gasteiger charge is -2.28. The highest BCUT2D eigenvalue weighted by atomic mass is 35.5. The molecule has 0 spiro atoms. The van der Waals surface area contributed by atoms with Gasteiger partial charge in [-0.1, -0.05) is 18.9 Å². The topological polar surface area (TPSA) is 46.3 Å². The maximum atomic E-state index is 13.1. The molecule has 1 aromatic carbocycles. The van der Waals surface area contributed by atoms with Crippen LogP contribution in [0.15, 0.2) is 18.2 Å². The molecule has 0 atom stereocenters. The van der Waals surface area contributed by atoms with E-state index in [2.05, 4.69) is 0 Å². The fraction of sp³-hybridized carbons (Fsp3) is 0.500. The average molecular weight is 305 g/mol. The monoisotopic (exact) mass is 304 g/mol. The Balaban J connectivity index is 0.00000200. The van der Waals surface area contributed by atoms with Crippen LogP contribution in [0.5, 0.6) is 0 Å². The molecule has 0 bridgehead atoms. The number of hydrogen-bond donors (Lipinski definition) is 1. The number of carbonyl (C=O) groups excluding carboxylic acids is 1. The zero-order chi connectivity index (χ0) is 14.0. The summed E-state index contributed by atoms with van der Waals surface area (Å²) >= 11 is 0. The Morgan fingerprint density at radius 1 is 1.30 bits per heavy atom. The van der Waals surface area contributed by atoms with Crippen molar-refractivity contribution in [2.75, 3.05) is 7.05 Å². The molecular formula is C14H19ClF2N2O. The van der Waals surface area contributed by atoms with Gasteiger partial charge in [-0.15, -0.1) is 12.4 Å². The van der Waals surface area contributed by atoms with E-state index in [0.717, 1.165) is 25.0 Å². The lowest BCUT2D eigenvalue weighted by atomic mass is 9.97. The van der Waals surface area contributed by atoms with Gasteiger partial charge in [-0.2, -0.15) is 0 Å². The average Bonchev–Trinajstić information content (AvgIpc) is 2.81. The molecule has 20 heavy (non-hydrogen) atoms. The fourth-order valence-electron chi connectivity index (χ4n) is 2.58. The van der Waals surface area contributed by atoms with Gasteiger partial charge in [0.2, 0.25) is 5.91 Å². The predicted molar refractivity (Wildman–Crippen MR) is 75.5 cm³/mol. The van der Waals surface area contributed by atoms with Crippen LogP contribution in [-0.4, -0.2) is 23.4 Å². The number of hydrogen-bond acceptors (Lipinski definition) is 2. The summed E-state index contributed by atoms with van der Waals surface area (Å²) in [4.78, 5) is 13.7. The van der Waals surface area contributed by atoms with Gasteiger partial charge in [0.05, 0.1) is 5.54 Å². The minimum atomic E-state index is -0.901. The highest BCUT2D eigenvalue weighted by Gasteiger charge is 2.38. The Bertz CT molecular complexity index is 490. The summed E-state index contributed by atoms with van der Waals surface area (Å²) in [5.74, 6) is -1.92. The van der Waals surface area contributed by atoms with Crippen molar-refractivity contribution in [2.45, 2.75) is 37.8 Å². The number of halogens is 3. The first-order valence-corrected chi connectivity index (χ1v) is 6.41. The molecule has 0 aliphatic heterocycles. The molecule has 1 fully saturated rings. The molecule has 6 heteroatoms. The SMILES string of the molecule is CN(Cc1ccc(F)c(F)c1)C(=O)C1(N)CCCC1.Cl. The van der Waals surface area contributed by atoms with Gasteiger partial charge in [-0.3, -0.25) is 4.79 Å². The van der Waals surface area contributed by atoms with Gasteiger partial charge in [0.25, 0.3) is 0 Å². The minimum absolute atomic E-state index is 0. The van der Waals surface area contributed by atoms with E-state index in [9.17, 15) is 13.6 Å². The van der Waals surface area contributed by atoms with E-state index < -0.39 is 17.2 Å². The summed E-state index contributed by atoms with van der Waals surface area (Å²) in [6, 6.07) is 3.65. The lowest BCUT2D eigenvalue weighted by Crippen LogP contribution is -2.52. The van der Waals surface area contributed by atoms with Crippen molar-refractivity contribution in [3.05, 3.63) is 35.4 Å². The van der Waals surface area contributed by atoms with Crippen LogP contribution in [0.2, 0.25) is 0 Å². The van der Waals surface area contributed by atoms with Crippen molar-refractivity contribution in [3.8, 4) is 0 Å². The molecule has 1 aromatic rings. The molecule has 2 rings (SSSR count). The number of benzene rings is 1. The molecular weight excluding hydrogens is 286 g/mol. The van der Waals surface area contributed by atoms with Gasteiger partial charge >= 0.3 is 0 Å². The zero-order valence-corrected chi connectivity index (χ0v) is 12.2. The first-order valence-electron chi connectivity index (χ1n) is 6.41. The lowest BCUT2D eigenvalue weighted by molar-refractivity contribution is -0.136. The maximum absolute atomic E-state index is 13.1. The quantitative estimate of drug-likeness (QED) is 0.933. The molecule has 2 N–H and O–H groups in total. The Kier molecular flexibility index (Phi) is 5.48. The fourth-order valence-corrected chi connectivity index (χ4v) is 2.58. The number of amides is 1. The highest BCUT2D eigenvalue weighted by Crippen LogP contribution is 2.29. The zero-order valence-electron chi connectivity index (χ0n) is 11.4. The van der Waals surface area contributed by atoms with Crippen LogP contribution in [0, 0.1) is 11.6 Å². The summed E-state index contributed by atoms with van der Waals surface area (Å²) < 4.78 is 25.9. The molecule has 1 saturated carbocycles. The number of nitrogens with two attached hydrogens (primary N) is 1. The van der Waals surface area contributed by atoms with E-state index in [0.29, 0.717) is 18.4 Å². The van der Waals surface area contributed by atoms with Crippen molar-refractivity contribution in [1.29, 1.82) is 0 Å². The van der Waals surface area contributed by atoms with Gasteiger partial charge in [0.1, 0.15) is 0 Å². The van der Waals surface area contributed by atoms with Crippen LogP contribution >= 0.6 is 12.4 Å². The molecule has 0 heterocycles. The summed E-state index contributed by atoms with van der Waals surface area (Å²) in [6.07, 6.45) is 3.30. The summed E-state index contributed by atoms with van der Waals surface area (Å²) in [5, 5.41) is 0. The van der Waals surface area contributed by atoms with E-state index in [1.54, 1.807) is 7.05 Å². The van der Waals surface area contributed by atoms with E-state index in [4.69, 9.17) is 5.73 Å². The predicted octanol–water partition coefficient (Wildman–Crippen LogP) is 2.62. The van der Waals surface area contributed by atoms with Crippen molar-refractivity contribution in [2.24, 2.45) is 5.73 Å². The van der Waals surface area contributed by atoms with Crippen molar-refractivity contribution in [1.82, 2.24) is 4.90 Å². The molecule has 0 saturated heterocycles. The molecule has 0 aromatic heterocycles. The van der Waals surface area contributed by atoms with Gasteiger partial charge in [0, 0.05) is 13.6 Å². The van der Waals surface area contributed by atoms with Crippen molar-refractivity contribution >= 4 is 18.3 Å². The number of nitrogens with zero attached hydrogens (tertiary/aromatic N) is 1. The maximum Gasteiger partial charge on any atom is 0.242 e. The molecule has 1 aliphatic carbocycles. The van der Waals surface area contributed by atoms with Crippen LogP contribution < -0.4 is 5.73 Å². The number of rotatable bonds is 3. The Hall–Kier alpha value is -1.20. The summed E-state index contributed by atoms with van der Waals surface area (Å²) in [5.41, 5.74) is 5.85. The van der Waals surface area contributed by atoms with Crippen LogP contribution in [0.1, 0.15) is 31.2 Å². The van der Waals surface area contributed by atoms with Gasteiger partial charge in [-0.05, 0) is 30.5 Å². The second-order valence-electron chi connectivity index (χ2n) is 5.27. The van der Waals surface area contributed by atoms with Crippen LogP contribution in [-0.2, 0) is 11.3 Å². The summed E-state index contributed by atoms with van der Waals surface area (Å²) in [7, 11) is 1.64. The standard InChI is InChI=1S/C14H18F2N2O.ClH/c1-18(13(19)14(17)6-2-3-7-14)9-10-4-5-11(15)12(16)8-10;/h4-5,8H,2-3,6-7,9,17H2,1H3;1H. The second kappa shape index (κ2) is 6.50. The molecule has 112 valence electrons. The van der Waals surface area contributed by atoms with E-state index in [-0.39, 0.29) is 24.9 Å². The highest BCUT2D eigenvalue weighted by molar-refractivity contribution is 5.86.